The minimum absolute atomic E-state index is 0.0403. The zero-order valence-corrected chi connectivity index (χ0v) is 14.0. The van der Waals surface area contributed by atoms with Gasteiger partial charge in [-0.2, -0.15) is 0 Å². The zero-order chi connectivity index (χ0) is 18.8. The van der Waals surface area contributed by atoms with E-state index in [9.17, 15) is 19.7 Å². The molecular weight excluding hydrogens is 338 g/mol. The van der Waals surface area contributed by atoms with Crippen LogP contribution in [0.25, 0.3) is 0 Å². The van der Waals surface area contributed by atoms with Crippen molar-refractivity contribution in [1.29, 1.82) is 0 Å². The maximum Gasteiger partial charge on any atom is 0.341 e. The van der Waals surface area contributed by atoms with Crippen LogP contribution < -0.4 is 10.6 Å². The Kier molecular flexibility index (Phi) is 4.57. The first-order valence-electron chi connectivity index (χ1n) is 7.99. The van der Waals surface area contributed by atoms with E-state index in [0.717, 1.165) is 23.7 Å². The van der Waals surface area contributed by atoms with Crippen molar-refractivity contribution in [1.82, 2.24) is 0 Å². The van der Waals surface area contributed by atoms with Gasteiger partial charge in [0, 0.05) is 29.5 Å². The number of non-ortho nitro benzene ring substituents is 1. The van der Waals surface area contributed by atoms with Crippen molar-refractivity contribution in [3.8, 4) is 0 Å². The van der Waals surface area contributed by atoms with E-state index < -0.39 is 17.5 Å². The van der Waals surface area contributed by atoms with Crippen molar-refractivity contribution in [2.75, 3.05) is 17.2 Å². The molecule has 0 spiro atoms. The fourth-order valence-electron chi connectivity index (χ4n) is 3.05. The summed E-state index contributed by atoms with van der Waals surface area (Å²) >= 11 is 0. The molecule has 0 fully saturated rings. The van der Waals surface area contributed by atoms with E-state index in [2.05, 4.69) is 0 Å². The Morgan fingerprint density at radius 2 is 2.04 bits per heavy atom. The normalized spacial score (nSPS) is 15.4. The van der Waals surface area contributed by atoms with Crippen LogP contribution >= 0.6 is 0 Å². The number of nitro benzene ring substituents is 1. The van der Waals surface area contributed by atoms with Crippen LogP contribution in [0.5, 0.6) is 0 Å². The third-order valence-corrected chi connectivity index (χ3v) is 4.27. The lowest BCUT2D eigenvalue weighted by Crippen LogP contribution is -2.38. The van der Waals surface area contributed by atoms with Crippen molar-refractivity contribution in [2.45, 2.75) is 19.4 Å². The van der Waals surface area contributed by atoms with E-state index in [4.69, 9.17) is 10.5 Å². The molecule has 0 saturated heterocycles. The molecule has 1 aliphatic rings. The molecule has 1 amide bonds. The number of ether oxygens (including phenoxy) is 1. The van der Waals surface area contributed by atoms with Crippen molar-refractivity contribution < 1.29 is 19.2 Å². The molecule has 2 aromatic rings. The van der Waals surface area contributed by atoms with Crippen LogP contribution in [0, 0.1) is 10.1 Å². The van der Waals surface area contributed by atoms with E-state index in [0.29, 0.717) is 0 Å². The molecule has 2 N–H and O–H groups in total. The summed E-state index contributed by atoms with van der Waals surface area (Å²) in [6.45, 7) is 1.44. The second-order valence-electron chi connectivity index (χ2n) is 6.05. The fraction of sp³-hybridized carbons (Fsp3) is 0.222. The lowest BCUT2D eigenvalue weighted by molar-refractivity contribution is -0.384. The number of nitrogens with two attached hydrogens (primary N) is 1. The van der Waals surface area contributed by atoms with Gasteiger partial charge >= 0.3 is 5.97 Å². The van der Waals surface area contributed by atoms with Gasteiger partial charge in [-0.25, -0.2) is 4.79 Å². The highest BCUT2D eigenvalue weighted by atomic mass is 16.6. The molecule has 0 bridgehead atoms. The number of fused-ring (bicyclic) bond motifs is 1. The molecule has 0 unspecified atom stereocenters. The van der Waals surface area contributed by atoms with E-state index >= 15 is 0 Å². The predicted molar refractivity (Wildman–Crippen MR) is 94.9 cm³/mol. The molecule has 1 atom stereocenters. The van der Waals surface area contributed by atoms with Crippen molar-refractivity contribution in [2.24, 2.45) is 0 Å². The maximum atomic E-state index is 12.5. The summed E-state index contributed by atoms with van der Waals surface area (Å²) in [5, 5.41) is 10.8. The Morgan fingerprint density at radius 1 is 1.31 bits per heavy atom. The van der Waals surface area contributed by atoms with Gasteiger partial charge < -0.3 is 15.4 Å². The monoisotopic (exact) mass is 355 g/mol. The number of para-hydroxylation sites is 1. The first kappa shape index (κ1) is 17.4. The molecule has 0 aliphatic carbocycles. The minimum Gasteiger partial charge on any atom is -0.452 e. The molecule has 1 heterocycles. The quantitative estimate of drug-likeness (QED) is 0.389. The first-order chi connectivity index (χ1) is 12.4. The Labute approximate surface area is 149 Å². The van der Waals surface area contributed by atoms with Gasteiger partial charge in [0.25, 0.3) is 11.6 Å². The largest absolute Gasteiger partial charge is 0.452 e. The van der Waals surface area contributed by atoms with E-state index in [1.165, 1.54) is 12.1 Å². The topological polar surface area (TPSA) is 116 Å². The number of nitrogens with zero attached hydrogens (tertiary/aromatic N) is 2. The number of hydrogen-bond donors (Lipinski definition) is 1. The summed E-state index contributed by atoms with van der Waals surface area (Å²) in [6, 6.07) is 11.0. The average Bonchev–Trinajstić information content (AvgIpc) is 2.95. The molecular formula is C18H17N3O5. The van der Waals surface area contributed by atoms with Crippen LogP contribution in [-0.4, -0.2) is 29.4 Å². The first-order valence-corrected chi connectivity index (χ1v) is 7.99. The number of hydrogen-bond acceptors (Lipinski definition) is 6. The molecule has 26 heavy (non-hydrogen) atoms. The maximum absolute atomic E-state index is 12.5. The van der Waals surface area contributed by atoms with Crippen molar-refractivity contribution in [3.05, 3.63) is 63.7 Å². The highest BCUT2D eigenvalue weighted by Gasteiger charge is 2.31. The van der Waals surface area contributed by atoms with Crippen LogP contribution in [-0.2, 0) is 16.0 Å². The molecule has 134 valence electrons. The second-order valence-corrected chi connectivity index (χ2v) is 6.05. The molecule has 8 nitrogen and oxygen atoms in total. The average molecular weight is 355 g/mol. The number of carbonyl (C=O) groups excluding carboxylic acids is 2. The number of carbonyl (C=O) groups is 2. The Hall–Kier alpha value is -3.42. The number of anilines is 2. The number of nitro groups is 1. The van der Waals surface area contributed by atoms with Crippen LogP contribution in [0.2, 0.25) is 0 Å². The molecule has 0 aromatic heterocycles. The smallest absolute Gasteiger partial charge is 0.341 e. The predicted octanol–water partition coefficient (Wildman–Crippen LogP) is 2.31. The summed E-state index contributed by atoms with van der Waals surface area (Å²) in [7, 11) is 0. The van der Waals surface area contributed by atoms with Crippen molar-refractivity contribution >= 4 is 28.9 Å². The van der Waals surface area contributed by atoms with Gasteiger partial charge in [0.1, 0.15) is 0 Å². The molecule has 1 aliphatic heterocycles. The molecule has 3 rings (SSSR count). The van der Waals surface area contributed by atoms with E-state index in [1.54, 1.807) is 4.90 Å². The Bertz CT molecular complexity index is 896. The highest BCUT2D eigenvalue weighted by molar-refractivity contribution is 6.00. The van der Waals surface area contributed by atoms with Gasteiger partial charge in [-0.3, -0.25) is 14.9 Å². The van der Waals surface area contributed by atoms with Crippen molar-refractivity contribution in [3.63, 3.8) is 0 Å². The number of benzene rings is 2. The number of amides is 1. The summed E-state index contributed by atoms with van der Waals surface area (Å²) in [5.41, 5.74) is 7.18. The summed E-state index contributed by atoms with van der Waals surface area (Å²) < 4.78 is 5.05. The second kappa shape index (κ2) is 6.83. The van der Waals surface area contributed by atoms with E-state index in [1.807, 2.05) is 31.2 Å². The summed E-state index contributed by atoms with van der Waals surface area (Å²) in [4.78, 5) is 36.5. The Balaban J connectivity index is 1.71. The van der Waals surface area contributed by atoms with Gasteiger partial charge in [-0.1, -0.05) is 18.2 Å². The van der Waals surface area contributed by atoms with Gasteiger partial charge in [-0.05, 0) is 31.0 Å². The van der Waals surface area contributed by atoms with Gasteiger partial charge in [-0.15, -0.1) is 0 Å². The van der Waals surface area contributed by atoms with E-state index in [-0.39, 0.29) is 28.9 Å². The molecule has 0 saturated carbocycles. The fourth-order valence-corrected chi connectivity index (χ4v) is 3.05. The zero-order valence-electron chi connectivity index (χ0n) is 14.0. The third-order valence-electron chi connectivity index (χ3n) is 4.27. The molecule has 8 heteroatoms. The van der Waals surface area contributed by atoms with Gasteiger partial charge in [0.2, 0.25) is 0 Å². The van der Waals surface area contributed by atoms with Crippen LogP contribution in [0.1, 0.15) is 22.8 Å². The van der Waals surface area contributed by atoms with Crippen LogP contribution in [0.15, 0.2) is 42.5 Å². The lowest BCUT2D eigenvalue weighted by Gasteiger charge is -2.22. The van der Waals surface area contributed by atoms with Crippen LogP contribution in [0.4, 0.5) is 17.1 Å². The Morgan fingerprint density at radius 3 is 2.77 bits per heavy atom. The highest BCUT2D eigenvalue weighted by Crippen LogP contribution is 2.31. The van der Waals surface area contributed by atoms with Crippen LogP contribution in [0.3, 0.4) is 0 Å². The SMILES string of the molecule is C[C@H]1Cc2ccccc2N1C(=O)COC(=O)c1cc([N+](=O)[O-])ccc1N. The summed E-state index contributed by atoms with van der Waals surface area (Å²) in [5.74, 6) is -1.24. The lowest BCUT2D eigenvalue weighted by atomic mass is 10.1. The standard InChI is InChI=1S/C18H17N3O5/c1-11-8-12-4-2-3-5-16(12)20(11)17(22)10-26-18(23)14-9-13(21(24)25)6-7-15(14)19/h2-7,9,11H,8,10,19H2,1H3/t11-/m0/s1. The number of esters is 1. The third kappa shape index (κ3) is 3.21. The van der Waals surface area contributed by atoms with Gasteiger partial charge in [0.15, 0.2) is 6.61 Å². The van der Waals surface area contributed by atoms with Gasteiger partial charge in [0.05, 0.1) is 10.5 Å². The molecule has 0 radical (unpaired) electrons. The summed E-state index contributed by atoms with van der Waals surface area (Å²) in [6.07, 6.45) is 0.730. The number of rotatable bonds is 4. The number of nitrogen functional groups attached to an aromatic ring is 1. The molecule has 2 aromatic carbocycles. The minimum atomic E-state index is -0.875.